The highest BCUT2D eigenvalue weighted by Gasteiger charge is 2.13. The monoisotopic (exact) mass is 319 g/mol. The fraction of sp³-hybridized carbons (Fsp3) is 0.600. The molecule has 1 fully saturated rings. The van der Waals surface area contributed by atoms with E-state index < -0.39 is 0 Å². The zero-order valence-electron chi connectivity index (χ0n) is 11.0. The van der Waals surface area contributed by atoms with E-state index in [-0.39, 0.29) is 0 Å². The number of halogens is 3. The number of hydrogen-bond donors (Lipinski definition) is 1. The van der Waals surface area contributed by atoms with Gasteiger partial charge in [-0.3, -0.25) is 0 Å². The summed E-state index contributed by atoms with van der Waals surface area (Å²) in [5, 5.41) is 5.24. The third kappa shape index (κ3) is 4.53. The normalized spacial score (nSPS) is 16.8. The van der Waals surface area contributed by atoms with E-state index in [9.17, 15) is 0 Å². The number of nitrogens with one attached hydrogen (secondary N) is 1. The van der Waals surface area contributed by atoms with Crippen LogP contribution < -0.4 is 5.32 Å². The average Bonchev–Trinajstić information content (AvgIpc) is 2.43. The van der Waals surface area contributed by atoms with E-state index in [1.165, 1.54) is 38.5 Å². The van der Waals surface area contributed by atoms with Crippen LogP contribution in [0.4, 0.5) is 0 Å². The summed E-state index contributed by atoms with van der Waals surface area (Å²) in [5.41, 5.74) is 0.902. The molecule has 4 heteroatoms. The maximum atomic E-state index is 6.17. The molecule has 0 saturated heterocycles. The summed E-state index contributed by atoms with van der Waals surface area (Å²) in [5.74, 6) is 0.895. The first-order chi connectivity index (χ1) is 9.18. The Balaban J connectivity index is 1.77. The molecular formula is C15H20Cl3N. The van der Waals surface area contributed by atoms with E-state index in [2.05, 4.69) is 5.32 Å². The van der Waals surface area contributed by atoms with Crippen LogP contribution in [0, 0.1) is 5.92 Å². The summed E-state index contributed by atoms with van der Waals surface area (Å²) in [6.07, 6.45) is 8.24. The van der Waals surface area contributed by atoms with Crippen LogP contribution in [0.25, 0.3) is 0 Å². The van der Waals surface area contributed by atoms with E-state index in [0.29, 0.717) is 21.6 Å². The minimum absolute atomic E-state index is 0.565. The molecule has 1 aromatic rings. The lowest BCUT2D eigenvalue weighted by molar-refractivity contribution is 0.334. The third-order valence-electron chi connectivity index (χ3n) is 3.89. The lowest BCUT2D eigenvalue weighted by Crippen LogP contribution is -2.19. The van der Waals surface area contributed by atoms with Crippen molar-refractivity contribution in [2.45, 2.75) is 45.1 Å². The van der Waals surface area contributed by atoms with Gasteiger partial charge in [0.05, 0.1) is 10.0 Å². The Hall–Kier alpha value is 0.0500. The van der Waals surface area contributed by atoms with Crippen LogP contribution in [0.1, 0.15) is 44.1 Å². The minimum atomic E-state index is 0.565. The molecule has 1 nitrogen and oxygen atoms in total. The van der Waals surface area contributed by atoms with Gasteiger partial charge >= 0.3 is 0 Å². The number of hydrogen-bond acceptors (Lipinski definition) is 1. The van der Waals surface area contributed by atoms with Crippen molar-refractivity contribution in [1.82, 2.24) is 5.32 Å². The zero-order chi connectivity index (χ0) is 13.7. The molecule has 19 heavy (non-hydrogen) atoms. The van der Waals surface area contributed by atoms with Gasteiger partial charge in [-0.05, 0) is 31.0 Å². The van der Waals surface area contributed by atoms with Gasteiger partial charge in [-0.25, -0.2) is 0 Å². The van der Waals surface area contributed by atoms with Gasteiger partial charge in [-0.1, -0.05) is 66.9 Å². The second-order valence-corrected chi connectivity index (χ2v) is 6.48. The molecule has 0 aromatic heterocycles. The van der Waals surface area contributed by atoms with Crippen molar-refractivity contribution < 1.29 is 0 Å². The Morgan fingerprint density at radius 3 is 2.42 bits per heavy atom. The molecule has 0 atom stereocenters. The van der Waals surface area contributed by atoms with Gasteiger partial charge in [0.1, 0.15) is 0 Å². The van der Waals surface area contributed by atoms with Crippen molar-refractivity contribution in [1.29, 1.82) is 0 Å². The standard InChI is InChI=1S/C15H20Cl3N/c16-13-6-7-14(17)15(18)12(13)10-19-9-8-11-4-2-1-3-5-11/h6-7,11,19H,1-5,8-10H2. The lowest BCUT2D eigenvalue weighted by Gasteiger charge is -2.21. The van der Waals surface area contributed by atoms with E-state index in [4.69, 9.17) is 34.8 Å². The molecule has 1 saturated carbocycles. The minimum Gasteiger partial charge on any atom is -0.313 e. The summed E-state index contributed by atoms with van der Waals surface area (Å²) in [7, 11) is 0. The van der Waals surface area contributed by atoms with Gasteiger partial charge in [0.2, 0.25) is 0 Å². The van der Waals surface area contributed by atoms with Gasteiger partial charge in [0.15, 0.2) is 0 Å². The summed E-state index contributed by atoms with van der Waals surface area (Å²) in [4.78, 5) is 0. The molecule has 0 heterocycles. The molecule has 0 unspecified atom stereocenters. The fourth-order valence-corrected chi connectivity index (χ4v) is 3.41. The van der Waals surface area contributed by atoms with Gasteiger partial charge in [0, 0.05) is 17.1 Å². The van der Waals surface area contributed by atoms with Crippen LogP contribution >= 0.6 is 34.8 Å². The Morgan fingerprint density at radius 1 is 1.00 bits per heavy atom. The molecule has 0 bridgehead atoms. The maximum Gasteiger partial charge on any atom is 0.0652 e. The third-order valence-corrected chi connectivity index (χ3v) is 5.09. The van der Waals surface area contributed by atoms with Crippen LogP contribution in [0.5, 0.6) is 0 Å². The van der Waals surface area contributed by atoms with Crippen molar-refractivity contribution in [2.24, 2.45) is 5.92 Å². The van der Waals surface area contributed by atoms with Crippen LogP contribution in [-0.4, -0.2) is 6.54 Å². The summed E-state index contributed by atoms with van der Waals surface area (Å²) in [6, 6.07) is 3.53. The van der Waals surface area contributed by atoms with Gasteiger partial charge in [0.25, 0.3) is 0 Å². The quantitative estimate of drug-likeness (QED) is 0.541. The summed E-state index contributed by atoms with van der Waals surface area (Å²) >= 11 is 18.3. The molecule has 1 aromatic carbocycles. The van der Waals surface area contributed by atoms with Crippen LogP contribution in [0.3, 0.4) is 0 Å². The van der Waals surface area contributed by atoms with Crippen molar-refractivity contribution in [3.8, 4) is 0 Å². The Bertz CT molecular complexity index is 414. The van der Waals surface area contributed by atoms with Gasteiger partial charge in [-0.2, -0.15) is 0 Å². The second kappa shape index (κ2) is 7.73. The molecular weight excluding hydrogens is 301 g/mol. The first-order valence-corrected chi connectivity index (χ1v) is 8.15. The molecule has 1 aliphatic carbocycles. The highest BCUT2D eigenvalue weighted by molar-refractivity contribution is 6.44. The summed E-state index contributed by atoms with van der Waals surface area (Å²) < 4.78 is 0. The van der Waals surface area contributed by atoms with E-state index >= 15 is 0 Å². The van der Waals surface area contributed by atoms with Crippen molar-refractivity contribution in [3.63, 3.8) is 0 Å². The zero-order valence-corrected chi connectivity index (χ0v) is 13.3. The van der Waals surface area contributed by atoms with Gasteiger partial charge in [-0.15, -0.1) is 0 Å². The van der Waals surface area contributed by atoms with Crippen molar-refractivity contribution >= 4 is 34.8 Å². The lowest BCUT2D eigenvalue weighted by atomic mass is 9.87. The predicted molar refractivity (Wildman–Crippen MR) is 84.4 cm³/mol. The molecule has 0 amide bonds. The smallest absolute Gasteiger partial charge is 0.0652 e. The molecule has 0 spiro atoms. The Morgan fingerprint density at radius 2 is 1.68 bits per heavy atom. The van der Waals surface area contributed by atoms with Gasteiger partial charge < -0.3 is 5.32 Å². The van der Waals surface area contributed by atoms with E-state index in [1.54, 1.807) is 12.1 Å². The van der Waals surface area contributed by atoms with E-state index in [1.807, 2.05) is 0 Å². The number of benzene rings is 1. The number of rotatable bonds is 5. The maximum absolute atomic E-state index is 6.17. The fourth-order valence-electron chi connectivity index (χ4n) is 2.73. The molecule has 106 valence electrons. The second-order valence-electron chi connectivity index (χ2n) is 5.29. The molecule has 0 radical (unpaired) electrons. The van der Waals surface area contributed by atoms with Crippen molar-refractivity contribution in [2.75, 3.05) is 6.54 Å². The first kappa shape index (κ1) is 15.4. The van der Waals surface area contributed by atoms with Crippen LogP contribution in [0.15, 0.2) is 12.1 Å². The van der Waals surface area contributed by atoms with E-state index in [0.717, 1.165) is 18.0 Å². The molecule has 1 aliphatic rings. The molecule has 0 aliphatic heterocycles. The van der Waals surface area contributed by atoms with Crippen LogP contribution in [-0.2, 0) is 6.54 Å². The van der Waals surface area contributed by atoms with Crippen molar-refractivity contribution in [3.05, 3.63) is 32.8 Å². The SMILES string of the molecule is Clc1ccc(Cl)c(CNCCC2CCCCC2)c1Cl. The Kier molecular flexibility index (Phi) is 6.28. The predicted octanol–water partition coefficient (Wildman–Crippen LogP) is 5.71. The highest BCUT2D eigenvalue weighted by atomic mass is 35.5. The largest absolute Gasteiger partial charge is 0.313 e. The topological polar surface area (TPSA) is 12.0 Å². The average molecular weight is 321 g/mol. The highest BCUT2D eigenvalue weighted by Crippen LogP contribution is 2.31. The van der Waals surface area contributed by atoms with Crippen LogP contribution in [0.2, 0.25) is 15.1 Å². The molecule has 1 N–H and O–H groups in total. The first-order valence-electron chi connectivity index (χ1n) is 7.01. The Labute approximate surface area is 130 Å². The molecule has 2 rings (SSSR count). The summed E-state index contributed by atoms with van der Waals surface area (Å²) in [6.45, 7) is 1.70.